The molecule has 0 unspecified atom stereocenters. The summed E-state index contributed by atoms with van der Waals surface area (Å²) in [5, 5.41) is 3.11. The molecule has 3 rings (SSSR count). The van der Waals surface area contributed by atoms with Gasteiger partial charge in [0, 0.05) is 25.0 Å². The Bertz CT molecular complexity index is 1000. The van der Waals surface area contributed by atoms with Gasteiger partial charge in [0.1, 0.15) is 5.03 Å². The molecule has 1 aliphatic rings. The van der Waals surface area contributed by atoms with E-state index in [2.05, 4.69) is 10.3 Å². The van der Waals surface area contributed by atoms with Crippen molar-refractivity contribution >= 4 is 39.3 Å². The minimum Gasteiger partial charge on any atom is -0.452 e. The average molecular weight is 450 g/mol. The van der Waals surface area contributed by atoms with E-state index in [1.54, 1.807) is 24.6 Å². The molecule has 1 amide bonds. The summed E-state index contributed by atoms with van der Waals surface area (Å²) in [6.45, 7) is 0.595. The third-order valence-electron chi connectivity index (χ3n) is 4.61. The molecule has 1 N–H and O–H groups in total. The summed E-state index contributed by atoms with van der Waals surface area (Å²) in [7, 11) is -3.52. The third kappa shape index (κ3) is 5.38. The lowest BCUT2D eigenvalue weighted by molar-refractivity contribution is -0.119. The summed E-state index contributed by atoms with van der Waals surface area (Å²) >= 11 is 1.31. The number of hydrogen-bond donors (Lipinski definition) is 1. The fourth-order valence-corrected chi connectivity index (χ4v) is 5.13. The zero-order valence-electron chi connectivity index (χ0n) is 16.5. The molecule has 30 heavy (non-hydrogen) atoms. The normalized spacial score (nSPS) is 14.8. The highest BCUT2D eigenvalue weighted by atomic mass is 32.2. The van der Waals surface area contributed by atoms with Gasteiger partial charge < -0.3 is 10.1 Å². The lowest BCUT2D eigenvalue weighted by Crippen LogP contribution is -2.35. The van der Waals surface area contributed by atoms with Crippen LogP contribution in [0.25, 0.3) is 0 Å². The van der Waals surface area contributed by atoms with Gasteiger partial charge in [0.2, 0.25) is 10.0 Å². The molecular weight excluding hydrogens is 426 g/mol. The van der Waals surface area contributed by atoms with E-state index in [0.717, 1.165) is 19.3 Å². The molecule has 2 aromatic rings. The fraction of sp³-hybridized carbons (Fsp3) is 0.350. The molecule has 2 heterocycles. The number of carbonyl (C=O) groups excluding carboxylic acids is 2. The van der Waals surface area contributed by atoms with E-state index in [0.29, 0.717) is 29.4 Å². The Kier molecular flexibility index (Phi) is 7.46. The van der Waals surface area contributed by atoms with Gasteiger partial charge >= 0.3 is 5.97 Å². The third-order valence-corrected chi connectivity index (χ3v) is 7.23. The molecule has 8 nitrogen and oxygen atoms in total. The van der Waals surface area contributed by atoms with Crippen LogP contribution in [0, 0.1) is 0 Å². The molecule has 1 aliphatic heterocycles. The number of nitrogens with one attached hydrogen (secondary N) is 1. The first kappa shape index (κ1) is 22.3. The molecule has 0 spiro atoms. The number of hydrogen-bond acceptors (Lipinski definition) is 7. The Hall–Kier alpha value is -2.43. The minimum absolute atomic E-state index is 0.190. The number of piperidine rings is 1. The Labute approximate surface area is 180 Å². The monoisotopic (exact) mass is 449 g/mol. The number of benzene rings is 1. The summed E-state index contributed by atoms with van der Waals surface area (Å²) in [5.41, 5.74) is 0.713. The maximum atomic E-state index is 12.7. The van der Waals surface area contributed by atoms with Crippen molar-refractivity contribution in [3.8, 4) is 0 Å². The number of thioether (sulfide) groups is 1. The number of pyridine rings is 1. The Morgan fingerprint density at radius 3 is 2.50 bits per heavy atom. The largest absolute Gasteiger partial charge is 0.452 e. The van der Waals surface area contributed by atoms with Crippen molar-refractivity contribution in [2.75, 3.05) is 31.3 Å². The van der Waals surface area contributed by atoms with Gasteiger partial charge in [-0.2, -0.15) is 4.31 Å². The van der Waals surface area contributed by atoms with Gasteiger partial charge in [0.05, 0.1) is 10.5 Å². The van der Waals surface area contributed by atoms with E-state index in [1.165, 1.54) is 40.3 Å². The predicted molar refractivity (Wildman–Crippen MR) is 114 cm³/mol. The van der Waals surface area contributed by atoms with Crippen molar-refractivity contribution < 1.29 is 22.7 Å². The SMILES string of the molecule is CSc1ncccc1C(=O)OCC(=O)Nc1ccc(S(=O)(=O)N2CCCCC2)cc1. The zero-order valence-corrected chi connectivity index (χ0v) is 18.2. The summed E-state index contributed by atoms with van der Waals surface area (Å²) in [6, 6.07) is 9.17. The van der Waals surface area contributed by atoms with Crippen LogP contribution >= 0.6 is 11.8 Å². The Morgan fingerprint density at radius 1 is 1.13 bits per heavy atom. The zero-order chi connectivity index (χ0) is 21.6. The first-order chi connectivity index (χ1) is 14.4. The minimum atomic E-state index is -3.52. The average Bonchev–Trinajstić information content (AvgIpc) is 2.78. The summed E-state index contributed by atoms with van der Waals surface area (Å²) in [4.78, 5) is 28.5. The lowest BCUT2D eigenvalue weighted by Gasteiger charge is -2.25. The van der Waals surface area contributed by atoms with Crippen LogP contribution < -0.4 is 5.32 Å². The number of amides is 1. The van der Waals surface area contributed by atoms with Crippen LogP contribution in [0.4, 0.5) is 5.69 Å². The van der Waals surface area contributed by atoms with Crippen LogP contribution in [-0.4, -0.2) is 55.5 Å². The molecule has 1 aromatic heterocycles. The molecule has 160 valence electrons. The van der Waals surface area contributed by atoms with Crippen molar-refractivity contribution in [3.05, 3.63) is 48.2 Å². The lowest BCUT2D eigenvalue weighted by atomic mass is 10.2. The second-order valence-electron chi connectivity index (χ2n) is 6.67. The van der Waals surface area contributed by atoms with Crippen molar-refractivity contribution in [2.24, 2.45) is 0 Å². The van der Waals surface area contributed by atoms with Gasteiger partial charge in [-0.3, -0.25) is 4.79 Å². The van der Waals surface area contributed by atoms with E-state index >= 15 is 0 Å². The van der Waals surface area contributed by atoms with E-state index in [4.69, 9.17) is 4.74 Å². The highest BCUT2D eigenvalue weighted by molar-refractivity contribution is 7.98. The Morgan fingerprint density at radius 2 is 1.83 bits per heavy atom. The van der Waals surface area contributed by atoms with Crippen LogP contribution in [0.5, 0.6) is 0 Å². The molecule has 1 saturated heterocycles. The van der Waals surface area contributed by atoms with E-state index in [-0.39, 0.29) is 4.90 Å². The van der Waals surface area contributed by atoms with Gasteiger partial charge in [0.25, 0.3) is 5.91 Å². The van der Waals surface area contributed by atoms with Crippen molar-refractivity contribution in [1.29, 1.82) is 0 Å². The first-order valence-electron chi connectivity index (χ1n) is 9.48. The maximum absolute atomic E-state index is 12.7. The van der Waals surface area contributed by atoms with Gasteiger partial charge in [0.15, 0.2) is 6.61 Å². The van der Waals surface area contributed by atoms with Crippen LogP contribution in [0.2, 0.25) is 0 Å². The number of rotatable bonds is 7. The number of carbonyl (C=O) groups is 2. The van der Waals surface area contributed by atoms with Crippen molar-refractivity contribution in [2.45, 2.75) is 29.2 Å². The molecule has 0 aliphatic carbocycles. The van der Waals surface area contributed by atoms with Crippen molar-refractivity contribution in [3.63, 3.8) is 0 Å². The van der Waals surface area contributed by atoms with Crippen LogP contribution in [0.15, 0.2) is 52.5 Å². The molecular formula is C20H23N3O5S2. The maximum Gasteiger partial charge on any atom is 0.341 e. The number of ether oxygens (including phenoxy) is 1. The first-order valence-corrected chi connectivity index (χ1v) is 12.1. The molecule has 0 radical (unpaired) electrons. The van der Waals surface area contributed by atoms with Gasteiger partial charge in [-0.15, -0.1) is 11.8 Å². The number of nitrogens with zero attached hydrogens (tertiary/aromatic N) is 2. The van der Waals surface area contributed by atoms with Gasteiger partial charge in [-0.1, -0.05) is 6.42 Å². The number of anilines is 1. The predicted octanol–water partition coefficient (Wildman–Crippen LogP) is 2.77. The van der Waals surface area contributed by atoms with Gasteiger partial charge in [-0.05, 0) is 55.5 Å². The Balaban J connectivity index is 1.56. The second-order valence-corrected chi connectivity index (χ2v) is 9.41. The summed E-state index contributed by atoms with van der Waals surface area (Å²) < 4.78 is 31.9. The van der Waals surface area contributed by atoms with Crippen LogP contribution in [0.3, 0.4) is 0 Å². The van der Waals surface area contributed by atoms with E-state index in [9.17, 15) is 18.0 Å². The topological polar surface area (TPSA) is 106 Å². The molecule has 0 bridgehead atoms. The quantitative estimate of drug-likeness (QED) is 0.512. The van der Waals surface area contributed by atoms with E-state index < -0.39 is 28.5 Å². The highest BCUT2D eigenvalue weighted by Gasteiger charge is 2.25. The smallest absolute Gasteiger partial charge is 0.341 e. The number of aromatic nitrogens is 1. The van der Waals surface area contributed by atoms with Crippen LogP contribution in [0.1, 0.15) is 29.6 Å². The van der Waals surface area contributed by atoms with Crippen LogP contribution in [-0.2, 0) is 19.6 Å². The summed E-state index contributed by atoms with van der Waals surface area (Å²) in [5.74, 6) is -1.16. The highest BCUT2D eigenvalue weighted by Crippen LogP contribution is 2.22. The van der Waals surface area contributed by atoms with E-state index in [1.807, 2.05) is 0 Å². The summed E-state index contributed by atoms with van der Waals surface area (Å²) in [6.07, 6.45) is 6.14. The molecule has 0 saturated carbocycles. The van der Waals surface area contributed by atoms with Gasteiger partial charge in [-0.25, -0.2) is 18.2 Å². The fourth-order valence-electron chi connectivity index (χ4n) is 3.08. The molecule has 0 atom stereocenters. The number of sulfonamides is 1. The second kappa shape index (κ2) is 10.1. The molecule has 1 aromatic carbocycles. The number of esters is 1. The van der Waals surface area contributed by atoms with Crippen molar-refractivity contribution in [1.82, 2.24) is 9.29 Å². The standard InChI is InChI=1S/C20H23N3O5S2/c1-29-19-17(6-5-11-21-19)20(25)28-14-18(24)22-15-7-9-16(10-8-15)30(26,27)23-12-3-2-4-13-23/h5-11H,2-4,12-14H2,1H3,(H,22,24). The molecule has 1 fully saturated rings. The molecule has 10 heteroatoms.